The van der Waals surface area contributed by atoms with Gasteiger partial charge < -0.3 is 10.1 Å². The Hall–Kier alpha value is -1.17. The Balaban J connectivity index is 1.82. The number of hydrogen-bond acceptors (Lipinski definition) is 3. The van der Waals surface area contributed by atoms with Crippen molar-refractivity contribution in [2.45, 2.75) is 37.8 Å². The molecule has 0 aliphatic heterocycles. The number of fused-ring (bicyclic) bond motifs is 1. The number of halogens is 2. The number of nitrogens with zero attached hydrogens (tertiary/aromatic N) is 1. The maximum atomic E-state index is 12.7. The first-order valence-corrected chi connectivity index (χ1v) is 8.83. The number of amides is 1. The minimum absolute atomic E-state index is 0.0988. The van der Waals surface area contributed by atoms with Crippen LogP contribution in [-0.2, 0) is 4.74 Å². The number of benzene rings is 1. The van der Waals surface area contributed by atoms with Crippen molar-refractivity contribution in [1.82, 2.24) is 10.3 Å². The van der Waals surface area contributed by atoms with Crippen molar-refractivity contribution in [3.63, 3.8) is 0 Å². The van der Waals surface area contributed by atoms with Crippen molar-refractivity contribution in [2.75, 3.05) is 7.11 Å². The van der Waals surface area contributed by atoms with Crippen molar-refractivity contribution < 1.29 is 9.53 Å². The summed E-state index contributed by atoms with van der Waals surface area (Å²) in [6.45, 7) is 0. The smallest absolute Gasteiger partial charge is 0.252 e. The molecule has 1 fully saturated rings. The van der Waals surface area contributed by atoms with Crippen molar-refractivity contribution in [3.05, 3.63) is 39.5 Å². The molecule has 1 N–H and O–H groups in total. The van der Waals surface area contributed by atoms with Crippen molar-refractivity contribution in [3.8, 4) is 0 Å². The lowest BCUT2D eigenvalue weighted by Crippen LogP contribution is -2.39. The first kappa shape index (κ1) is 16.7. The molecule has 1 saturated carbocycles. The molecule has 23 heavy (non-hydrogen) atoms. The molecule has 0 spiro atoms. The van der Waals surface area contributed by atoms with E-state index in [0.29, 0.717) is 22.3 Å². The van der Waals surface area contributed by atoms with Crippen LogP contribution in [-0.4, -0.2) is 30.1 Å². The predicted octanol–water partition coefficient (Wildman–Crippen LogP) is 4.34. The van der Waals surface area contributed by atoms with Crippen LogP contribution in [0.4, 0.5) is 0 Å². The summed E-state index contributed by atoms with van der Waals surface area (Å²) in [6.07, 6.45) is 4.14. The summed E-state index contributed by atoms with van der Waals surface area (Å²) in [5.41, 5.74) is 1.28. The van der Waals surface area contributed by atoms with Gasteiger partial charge in [0.05, 0.1) is 17.2 Å². The Bertz CT molecular complexity index is 730. The Morgan fingerprint density at radius 2 is 2.04 bits per heavy atom. The van der Waals surface area contributed by atoms with Crippen molar-refractivity contribution in [2.24, 2.45) is 0 Å². The highest BCUT2D eigenvalue weighted by Gasteiger charge is 2.23. The molecular formula is C17H18BrClN2O2. The third kappa shape index (κ3) is 3.84. The van der Waals surface area contributed by atoms with Gasteiger partial charge in [0.25, 0.3) is 5.91 Å². The number of nitrogens with one attached hydrogen (secondary N) is 1. The second kappa shape index (κ2) is 7.16. The first-order chi connectivity index (χ1) is 11.1. The van der Waals surface area contributed by atoms with E-state index in [1.807, 2.05) is 18.2 Å². The van der Waals surface area contributed by atoms with Gasteiger partial charge in [0.15, 0.2) is 0 Å². The zero-order valence-corrected chi connectivity index (χ0v) is 15.2. The quantitative estimate of drug-likeness (QED) is 0.784. The molecule has 0 radical (unpaired) electrons. The number of rotatable bonds is 3. The van der Waals surface area contributed by atoms with Crippen molar-refractivity contribution >= 4 is 44.3 Å². The zero-order valence-electron chi connectivity index (χ0n) is 12.8. The highest BCUT2D eigenvalue weighted by molar-refractivity contribution is 9.10. The van der Waals surface area contributed by atoms with Gasteiger partial charge >= 0.3 is 0 Å². The average molecular weight is 398 g/mol. The zero-order chi connectivity index (χ0) is 16.4. The van der Waals surface area contributed by atoms with Gasteiger partial charge in [-0.25, -0.2) is 4.98 Å². The van der Waals surface area contributed by atoms with Crippen LogP contribution in [0.3, 0.4) is 0 Å². The molecule has 6 heteroatoms. The minimum atomic E-state index is -0.0988. The SMILES string of the molecule is CO[C@H]1CC[C@H](NC(=O)c2cc(Cl)nc3ccc(Br)cc23)CC1. The van der Waals surface area contributed by atoms with E-state index in [9.17, 15) is 4.79 Å². The van der Waals surface area contributed by atoms with E-state index in [1.54, 1.807) is 13.2 Å². The van der Waals surface area contributed by atoms with E-state index in [4.69, 9.17) is 16.3 Å². The van der Waals surface area contributed by atoms with Crippen LogP contribution in [0.1, 0.15) is 36.0 Å². The van der Waals surface area contributed by atoms with Gasteiger partial charge in [-0.05, 0) is 49.9 Å². The maximum absolute atomic E-state index is 12.7. The number of ether oxygens (including phenoxy) is 1. The number of carbonyl (C=O) groups excluding carboxylic acids is 1. The molecule has 4 nitrogen and oxygen atoms in total. The summed E-state index contributed by atoms with van der Waals surface area (Å²) in [6, 6.07) is 7.45. The fourth-order valence-corrected chi connectivity index (χ4v) is 3.62. The fraction of sp³-hybridized carbons (Fsp3) is 0.412. The highest BCUT2D eigenvalue weighted by atomic mass is 79.9. The van der Waals surface area contributed by atoms with Gasteiger partial charge in [0, 0.05) is 23.0 Å². The van der Waals surface area contributed by atoms with Crippen molar-refractivity contribution in [1.29, 1.82) is 0 Å². The van der Waals surface area contributed by atoms with Crippen LogP contribution in [0.2, 0.25) is 5.15 Å². The topological polar surface area (TPSA) is 51.2 Å². The number of hydrogen-bond donors (Lipinski definition) is 1. The van der Waals surface area contributed by atoms with Gasteiger partial charge in [-0.1, -0.05) is 27.5 Å². The molecule has 1 aliphatic rings. The second-order valence-corrected chi connectivity index (χ2v) is 7.14. The van der Waals surface area contributed by atoms with Gasteiger partial charge in [-0.2, -0.15) is 0 Å². The molecule has 1 heterocycles. The molecule has 1 aromatic carbocycles. The lowest BCUT2D eigenvalue weighted by molar-refractivity contribution is 0.0599. The van der Waals surface area contributed by atoms with Crippen LogP contribution in [0.5, 0.6) is 0 Å². The van der Waals surface area contributed by atoms with Crippen LogP contribution < -0.4 is 5.32 Å². The first-order valence-electron chi connectivity index (χ1n) is 7.66. The van der Waals surface area contributed by atoms with E-state index >= 15 is 0 Å². The van der Waals surface area contributed by atoms with Gasteiger partial charge in [-0.3, -0.25) is 4.79 Å². The monoisotopic (exact) mass is 396 g/mol. The lowest BCUT2D eigenvalue weighted by atomic mass is 9.92. The summed E-state index contributed by atoms with van der Waals surface area (Å²) in [5, 5.41) is 4.25. The molecule has 1 amide bonds. The number of pyridine rings is 1. The summed E-state index contributed by atoms with van der Waals surface area (Å²) in [4.78, 5) is 17.0. The molecule has 0 unspecified atom stereocenters. The van der Waals surface area contributed by atoms with Crippen LogP contribution in [0.25, 0.3) is 10.9 Å². The maximum Gasteiger partial charge on any atom is 0.252 e. The summed E-state index contributed by atoms with van der Waals surface area (Å²) in [5.74, 6) is -0.0988. The Morgan fingerprint density at radius 3 is 2.74 bits per heavy atom. The third-order valence-corrected chi connectivity index (χ3v) is 5.01. The molecule has 1 aliphatic carbocycles. The Labute approximate surface area is 148 Å². The van der Waals surface area contributed by atoms with Crippen LogP contribution >= 0.6 is 27.5 Å². The van der Waals surface area contributed by atoms with E-state index in [0.717, 1.165) is 35.5 Å². The normalized spacial score (nSPS) is 21.3. The van der Waals surface area contributed by atoms with Gasteiger partial charge in [0.1, 0.15) is 5.15 Å². The lowest BCUT2D eigenvalue weighted by Gasteiger charge is -2.28. The fourth-order valence-electron chi connectivity index (χ4n) is 3.06. The van der Waals surface area contributed by atoms with Gasteiger partial charge in [0.2, 0.25) is 0 Å². The van der Waals surface area contributed by atoms with Crippen LogP contribution in [0, 0.1) is 0 Å². The summed E-state index contributed by atoms with van der Waals surface area (Å²) < 4.78 is 6.28. The molecule has 1 aromatic heterocycles. The van der Waals surface area contributed by atoms with Gasteiger partial charge in [-0.15, -0.1) is 0 Å². The Morgan fingerprint density at radius 1 is 1.30 bits per heavy atom. The molecule has 0 atom stereocenters. The molecule has 0 saturated heterocycles. The predicted molar refractivity (Wildman–Crippen MR) is 95.0 cm³/mol. The van der Waals surface area contributed by atoms with E-state index < -0.39 is 0 Å². The molecule has 2 aromatic rings. The number of aromatic nitrogens is 1. The largest absolute Gasteiger partial charge is 0.381 e. The summed E-state index contributed by atoms with van der Waals surface area (Å²) >= 11 is 9.51. The summed E-state index contributed by atoms with van der Waals surface area (Å²) in [7, 11) is 1.74. The van der Waals surface area contributed by atoms with E-state index in [1.165, 1.54) is 0 Å². The highest BCUT2D eigenvalue weighted by Crippen LogP contribution is 2.26. The standard InChI is InChI=1S/C17H18BrClN2O2/c1-23-12-5-3-11(4-6-12)20-17(22)14-9-16(19)21-15-7-2-10(18)8-13(14)15/h2,7-9,11-12H,3-6H2,1H3,(H,20,22)/t11-,12-. The number of methoxy groups -OCH3 is 1. The molecular weight excluding hydrogens is 380 g/mol. The molecule has 122 valence electrons. The minimum Gasteiger partial charge on any atom is -0.381 e. The molecule has 0 bridgehead atoms. The second-order valence-electron chi connectivity index (χ2n) is 5.84. The Kier molecular flexibility index (Phi) is 5.19. The van der Waals surface area contributed by atoms with E-state index in [-0.39, 0.29) is 11.9 Å². The molecule has 3 rings (SSSR count). The average Bonchev–Trinajstić information content (AvgIpc) is 2.55. The van der Waals surface area contributed by atoms with Crippen LogP contribution in [0.15, 0.2) is 28.7 Å². The van der Waals surface area contributed by atoms with E-state index in [2.05, 4.69) is 26.2 Å². The third-order valence-electron chi connectivity index (χ3n) is 4.33. The number of carbonyl (C=O) groups is 1.